The molecule has 0 saturated heterocycles. The Labute approximate surface area is 130 Å². The van der Waals surface area contributed by atoms with Crippen molar-refractivity contribution in [1.29, 1.82) is 0 Å². The molecule has 2 nitrogen and oxygen atoms in total. The van der Waals surface area contributed by atoms with Crippen molar-refractivity contribution < 1.29 is 18.3 Å². The highest BCUT2D eigenvalue weighted by molar-refractivity contribution is 6.67. The number of hydrogen-bond donors (Lipinski definition) is 0. The van der Waals surface area contributed by atoms with E-state index in [0.717, 1.165) is 0 Å². The minimum absolute atomic E-state index is 0.0465. The molecule has 2 rings (SSSR count). The molecule has 21 heavy (non-hydrogen) atoms. The van der Waals surface area contributed by atoms with E-state index in [2.05, 4.69) is 0 Å². The number of carbonyl (C=O) groups is 1. The Morgan fingerprint density at radius 1 is 1.19 bits per heavy atom. The van der Waals surface area contributed by atoms with Gasteiger partial charge in [-0.2, -0.15) is 0 Å². The van der Waals surface area contributed by atoms with E-state index in [1.807, 2.05) is 0 Å². The number of carbonyl (C=O) groups excluding carboxylic acids is 1. The third-order valence-electron chi connectivity index (χ3n) is 3.03. The summed E-state index contributed by atoms with van der Waals surface area (Å²) in [4.78, 5) is 11.2. The van der Waals surface area contributed by atoms with E-state index >= 15 is 0 Å². The zero-order chi connectivity index (χ0) is 15.6. The smallest absolute Gasteiger partial charge is 0.255 e. The molecule has 0 amide bonds. The van der Waals surface area contributed by atoms with Crippen LogP contribution in [0, 0.1) is 11.6 Å². The van der Waals surface area contributed by atoms with Crippen molar-refractivity contribution in [3.63, 3.8) is 0 Å². The number of rotatable bonds is 4. The molecule has 2 aromatic carbocycles. The summed E-state index contributed by atoms with van der Waals surface area (Å²) in [6, 6.07) is 7.07. The van der Waals surface area contributed by atoms with Gasteiger partial charge in [0.1, 0.15) is 17.4 Å². The van der Waals surface area contributed by atoms with Crippen molar-refractivity contribution in [1.82, 2.24) is 0 Å². The molecule has 0 aliphatic carbocycles. The molecule has 0 bridgehead atoms. The average molecular weight is 331 g/mol. The van der Waals surface area contributed by atoms with Crippen LogP contribution in [0.1, 0.15) is 21.5 Å². The summed E-state index contributed by atoms with van der Waals surface area (Å²) in [5.74, 6) is -1.26. The molecule has 0 atom stereocenters. The van der Waals surface area contributed by atoms with Crippen LogP contribution in [0.5, 0.6) is 5.75 Å². The predicted octanol–water partition coefficient (Wildman–Crippen LogP) is 4.60. The van der Waals surface area contributed by atoms with Crippen molar-refractivity contribution in [2.45, 2.75) is 6.42 Å². The van der Waals surface area contributed by atoms with E-state index in [1.165, 1.54) is 31.4 Å². The van der Waals surface area contributed by atoms with Gasteiger partial charge in [-0.25, -0.2) is 8.78 Å². The molecular formula is C15H10Cl2F2O2. The van der Waals surface area contributed by atoms with Crippen LogP contribution in [0.3, 0.4) is 0 Å². The molecule has 0 aliphatic heterocycles. The molecule has 0 fully saturated rings. The van der Waals surface area contributed by atoms with Gasteiger partial charge >= 0.3 is 0 Å². The monoisotopic (exact) mass is 330 g/mol. The average Bonchev–Trinajstić information content (AvgIpc) is 2.45. The summed E-state index contributed by atoms with van der Waals surface area (Å²) in [5.41, 5.74) is -0.0426. The van der Waals surface area contributed by atoms with Crippen LogP contribution < -0.4 is 4.74 Å². The summed E-state index contributed by atoms with van der Waals surface area (Å²) in [6.45, 7) is 0. The normalized spacial score (nSPS) is 10.5. The lowest BCUT2D eigenvalue weighted by Crippen LogP contribution is -2.04. The minimum Gasteiger partial charge on any atom is -0.496 e. The van der Waals surface area contributed by atoms with Crippen molar-refractivity contribution in [2.24, 2.45) is 0 Å². The second-order valence-electron chi connectivity index (χ2n) is 4.27. The lowest BCUT2D eigenvalue weighted by atomic mass is 10.0. The predicted molar refractivity (Wildman–Crippen MR) is 77.4 cm³/mol. The largest absolute Gasteiger partial charge is 0.496 e. The first-order chi connectivity index (χ1) is 9.95. The summed E-state index contributed by atoms with van der Waals surface area (Å²) in [6.07, 6.45) is -0.112. The Bertz CT molecular complexity index is 702. The molecule has 0 aliphatic rings. The number of halogens is 4. The topological polar surface area (TPSA) is 26.3 Å². The number of benzene rings is 2. The Kier molecular flexibility index (Phi) is 4.80. The number of methoxy groups -OCH3 is 1. The van der Waals surface area contributed by atoms with E-state index in [0.29, 0.717) is 0 Å². The maximum atomic E-state index is 14.3. The SMILES string of the molecule is COc1ccc(C(=O)Cl)c(F)c1Cc1cccc(Cl)c1F. The quantitative estimate of drug-likeness (QED) is 0.766. The second-order valence-corrected chi connectivity index (χ2v) is 5.02. The first kappa shape index (κ1) is 15.7. The third-order valence-corrected chi connectivity index (χ3v) is 3.53. The van der Waals surface area contributed by atoms with Crippen LogP contribution in [0.2, 0.25) is 5.02 Å². The third kappa shape index (κ3) is 3.17. The van der Waals surface area contributed by atoms with Gasteiger partial charge in [-0.1, -0.05) is 23.7 Å². The molecule has 0 unspecified atom stereocenters. The molecule has 0 heterocycles. The van der Waals surface area contributed by atoms with E-state index in [4.69, 9.17) is 27.9 Å². The molecule has 110 valence electrons. The zero-order valence-corrected chi connectivity index (χ0v) is 12.4. The van der Waals surface area contributed by atoms with Crippen LogP contribution in [0.15, 0.2) is 30.3 Å². The zero-order valence-electron chi connectivity index (χ0n) is 10.9. The Morgan fingerprint density at radius 3 is 2.52 bits per heavy atom. The molecule has 0 radical (unpaired) electrons. The fraction of sp³-hybridized carbons (Fsp3) is 0.133. The summed E-state index contributed by atoms with van der Waals surface area (Å²) < 4.78 is 33.3. The maximum absolute atomic E-state index is 14.3. The fourth-order valence-corrected chi connectivity index (χ4v) is 2.33. The summed E-state index contributed by atoms with van der Waals surface area (Å²) in [7, 11) is 1.36. The molecular weight excluding hydrogens is 321 g/mol. The summed E-state index contributed by atoms with van der Waals surface area (Å²) in [5, 5.41) is -0.987. The molecule has 0 aromatic heterocycles. The van der Waals surface area contributed by atoms with Crippen molar-refractivity contribution in [2.75, 3.05) is 7.11 Å². The van der Waals surface area contributed by atoms with Crippen LogP contribution in [0.4, 0.5) is 8.78 Å². The van der Waals surface area contributed by atoms with E-state index in [9.17, 15) is 13.6 Å². The number of hydrogen-bond acceptors (Lipinski definition) is 2. The van der Waals surface area contributed by atoms with Crippen LogP contribution in [-0.2, 0) is 6.42 Å². The highest BCUT2D eigenvalue weighted by Crippen LogP contribution is 2.29. The van der Waals surface area contributed by atoms with Crippen molar-refractivity contribution in [3.05, 3.63) is 63.7 Å². The van der Waals surface area contributed by atoms with E-state index in [-0.39, 0.29) is 33.9 Å². The molecule has 6 heteroatoms. The fourth-order valence-electron chi connectivity index (χ4n) is 1.99. The van der Waals surface area contributed by atoms with Gasteiger partial charge in [0.25, 0.3) is 5.24 Å². The first-order valence-corrected chi connectivity index (χ1v) is 6.69. The van der Waals surface area contributed by atoms with Gasteiger partial charge in [0.2, 0.25) is 0 Å². The molecule has 0 spiro atoms. The lowest BCUT2D eigenvalue weighted by molar-refractivity contribution is 0.107. The Balaban J connectivity index is 2.54. The van der Waals surface area contributed by atoms with Crippen LogP contribution >= 0.6 is 23.2 Å². The van der Waals surface area contributed by atoms with Crippen LogP contribution in [-0.4, -0.2) is 12.4 Å². The highest BCUT2D eigenvalue weighted by atomic mass is 35.5. The molecule has 0 N–H and O–H groups in total. The standard InChI is InChI=1S/C15H10Cl2F2O2/c1-21-12-6-5-9(15(17)20)14(19)10(12)7-8-3-2-4-11(16)13(8)18/h2-6H,7H2,1H3. The first-order valence-electron chi connectivity index (χ1n) is 5.93. The van der Waals surface area contributed by atoms with Crippen molar-refractivity contribution in [3.8, 4) is 5.75 Å². The van der Waals surface area contributed by atoms with Crippen LogP contribution in [0.25, 0.3) is 0 Å². The Morgan fingerprint density at radius 2 is 1.90 bits per heavy atom. The molecule has 2 aromatic rings. The summed E-state index contributed by atoms with van der Waals surface area (Å²) >= 11 is 11.0. The van der Waals surface area contributed by atoms with Gasteiger partial charge < -0.3 is 4.74 Å². The highest BCUT2D eigenvalue weighted by Gasteiger charge is 2.19. The van der Waals surface area contributed by atoms with Gasteiger partial charge in [0, 0.05) is 12.0 Å². The second kappa shape index (κ2) is 6.41. The minimum atomic E-state index is -0.928. The molecule has 0 saturated carbocycles. The van der Waals surface area contributed by atoms with E-state index < -0.39 is 16.9 Å². The van der Waals surface area contributed by atoms with Crippen molar-refractivity contribution >= 4 is 28.4 Å². The van der Waals surface area contributed by atoms with Gasteiger partial charge in [-0.05, 0) is 35.4 Å². The lowest BCUT2D eigenvalue weighted by Gasteiger charge is -2.12. The number of ether oxygens (including phenoxy) is 1. The Hall–Kier alpha value is -1.65. The van der Waals surface area contributed by atoms with Gasteiger partial charge in [0.15, 0.2) is 0 Å². The van der Waals surface area contributed by atoms with Gasteiger partial charge in [-0.3, -0.25) is 4.79 Å². The van der Waals surface area contributed by atoms with Gasteiger partial charge in [-0.15, -0.1) is 0 Å². The van der Waals surface area contributed by atoms with Gasteiger partial charge in [0.05, 0.1) is 17.7 Å². The van der Waals surface area contributed by atoms with E-state index in [1.54, 1.807) is 6.07 Å². The maximum Gasteiger partial charge on any atom is 0.255 e.